The zero-order valence-electron chi connectivity index (χ0n) is 14.7. The number of hydrogen-bond acceptors (Lipinski definition) is 0. The summed E-state index contributed by atoms with van der Waals surface area (Å²) in [5.74, 6) is 0. The molecule has 0 radical (unpaired) electrons. The molecular weight excluding hydrogens is 532 g/mol. The fourth-order valence-corrected chi connectivity index (χ4v) is 10.7. The zero-order chi connectivity index (χ0) is 18.6. The summed E-state index contributed by atoms with van der Waals surface area (Å²) in [5, 5.41) is 7.08. The first-order valence-corrected chi connectivity index (χ1v) is 14.5. The second-order valence-electron chi connectivity index (χ2n) is 6.50. The molecule has 0 nitrogen and oxygen atoms in total. The van der Waals surface area contributed by atoms with Crippen LogP contribution in [0.1, 0.15) is 16.7 Å². The predicted molar refractivity (Wildman–Crippen MR) is 128 cm³/mol. The topological polar surface area (TPSA) is 0 Å². The van der Waals surface area contributed by atoms with Crippen molar-refractivity contribution < 1.29 is 0 Å². The van der Waals surface area contributed by atoms with Crippen molar-refractivity contribution in [3.63, 3.8) is 0 Å². The third-order valence-corrected chi connectivity index (χ3v) is 11.6. The second-order valence-corrected chi connectivity index (χ2v) is 12.0. The lowest BCUT2D eigenvalue weighted by atomic mass is 10.2. The molecule has 3 aromatic rings. The van der Waals surface area contributed by atoms with Crippen molar-refractivity contribution >= 4 is 71.4 Å². The van der Waals surface area contributed by atoms with Gasteiger partial charge in [0.25, 0.3) is 0 Å². The molecule has 0 fully saturated rings. The molecular formula is C22H21Br3Si. The Balaban J connectivity index is 2.40. The maximum atomic E-state index is 3.72. The lowest BCUT2D eigenvalue weighted by molar-refractivity contribution is 1.42. The lowest BCUT2D eigenvalue weighted by Gasteiger charge is -2.34. The van der Waals surface area contributed by atoms with Crippen LogP contribution >= 0.6 is 47.8 Å². The van der Waals surface area contributed by atoms with E-state index in [4.69, 9.17) is 0 Å². The van der Waals surface area contributed by atoms with Crippen LogP contribution in [-0.2, 0) is 16.0 Å². The number of alkyl halides is 3. The lowest BCUT2D eigenvalue weighted by Crippen LogP contribution is -2.67. The van der Waals surface area contributed by atoms with E-state index in [0.29, 0.717) is 0 Å². The Labute approximate surface area is 182 Å². The third-order valence-electron chi connectivity index (χ3n) is 5.10. The van der Waals surface area contributed by atoms with E-state index in [9.17, 15) is 0 Å². The van der Waals surface area contributed by atoms with Gasteiger partial charge in [0.2, 0.25) is 0 Å². The van der Waals surface area contributed by atoms with Crippen LogP contribution in [0.25, 0.3) is 0 Å². The van der Waals surface area contributed by atoms with E-state index in [0.717, 1.165) is 16.0 Å². The summed E-state index contributed by atoms with van der Waals surface area (Å²) in [6.07, 6.45) is 0. The summed E-state index contributed by atoms with van der Waals surface area (Å²) in [6.45, 7) is 2.50. The first kappa shape index (κ1) is 20.1. The molecule has 134 valence electrons. The molecule has 0 bridgehead atoms. The SMILES string of the molecule is C[Si](c1ccccc1CBr)(c1ccccc1CBr)c1ccccc1CBr. The molecule has 0 aliphatic carbocycles. The van der Waals surface area contributed by atoms with Gasteiger partial charge in [-0.25, -0.2) is 0 Å². The summed E-state index contributed by atoms with van der Waals surface area (Å²) in [6, 6.07) is 26.7. The highest BCUT2D eigenvalue weighted by molar-refractivity contribution is 9.09. The van der Waals surface area contributed by atoms with Gasteiger partial charge in [0, 0.05) is 16.0 Å². The van der Waals surface area contributed by atoms with Crippen LogP contribution in [0.2, 0.25) is 6.55 Å². The number of halogens is 3. The van der Waals surface area contributed by atoms with E-state index in [1.165, 1.54) is 32.3 Å². The van der Waals surface area contributed by atoms with Crippen molar-refractivity contribution in [1.29, 1.82) is 0 Å². The molecule has 0 saturated carbocycles. The molecule has 0 unspecified atom stereocenters. The van der Waals surface area contributed by atoms with Gasteiger partial charge in [0.1, 0.15) is 8.07 Å². The van der Waals surface area contributed by atoms with Crippen LogP contribution in [0, 0.1) is 0 Å². The van der Waals surface area contributed by atoms with Gasteiger partial charge in [0.05, 0.1) is 0 Å². The predicted octanol–water partition coefficient (Wildman–Crippen LogP) is 5.47. The monoisotopic (exact) mass is 550 g/mol. The fraction of sp³-hybridized carbons (Fsp3) is 0.182. The Morgan fingerprint density at radius 3 is 1.08 bits per heavy atom. The minimum absolute atomic E-state index is 0.874. The Morgan fingerprint density at radius 2 is 0.808 bits per heavy atom. The maximum absolute atomic E-state index is 3.72. The molecule has 0 N–H and O–H groups in total. The quantitative estimate of drug-likeness (QED) is 0.216. The van der Waals surface area contributed by atoms with Crippen LogP contribution in [0.5, 0.6) is 0 Å². The van der Waals surface area contributed by atoms with E-state index in [-0.39, 0.29) is 0 Å². The highest BCUT2D eigenvalue weighted by Gasteiger charge is 2.38. The minimum atomic E-state index is -2.16. The summed E-state index contributed by atoms with van der Waals surface area (Å²) >= 11 is 11.2. The molecule has 3 rings (SSSR count). The molecule has 0 aliphatic rings. The summed E-state index contributed by atoms with van der Waals surface area (Å²) < 4.78 is 0. The minimum Gasteiger partial charge on any atom is -0.0876 e. The van der Waals surface area contributed by atoms with Crippen LogP contribution < -0.4 is 15.6 Å². The van der Waals surface area contributed by atoms with Crippen molar-refractivity contribution in [3.05, 3.63) is 89.5 Å². The van der Waals surface area contributed by atoms with E-state index >= 15 is 0 Å². The molecule has 0 heterocycles. The normalized spacial score (nSPS) is 11.5. The molecule has 26 heavy (non-hydrogen) atoms. The van der Waals surface area contributed by atoms with Crippen LogP contribution in [0.3, 0.4) is 0 Å². The first-order valence-electron chi connectivity index (χ1n) is 8.59. The van der Waals surface area contributed by atoms with Gasteiger partial charge >= 0.3 is 0 Å². The van der Waals surface area contributed by atoms with Crippen molar-refractivity contribution in [2.75, 3.05) is 0 Å². The maximum Gasteiger partial charge on any atom is 0.146 e. The molecule has 0 aromatic heterocycles. The Bertz CT molecular complexity index is 776. The summed E-state index contributed by atoms with van der Waals surface area (Å²) in [5.41, 5.74) is 4.15. The molecule has 0 amide bonds. The van der Waals surface area contributed by atoms with Gasteiger partial charge in [-0.2, -0.15) is 0 Å². The number of benzene rings is 3. The van der Waals surface area contributed by atoms with Crippen molar-refractivity contribution in [2.24, 2.45) is 0 Å². The van der Waals surface area contributed by atoms with Gasteiger partial charge in [0.15, 0.2) is 0 Å². The standard InChI is InChI=1S/C22H21Br3Si/c1-26(20-11-5-2-8-17(20)14-23,21-12-6-3-9-18(21)15-24)22-13-7-4-10-19(22)16-25/h2-13H,14-16H2,1H3. The van der Waals surface area contributed by atoms with E-state index in [1.807, 2.05) is 0 Å². The largest absolute Gasteiger partial charge is 0.146 e. The van der Waals surface area contributed by atoms with Crippen molar-refractivity contribution in [1.82, 2.24) is 0 Å². The molecule has 3 aromatic carbocycles. The van der Waals surface area contributed by atoms with E-state index in [2.05, 4.69) is 127 Å². The molecule has 0 atom stereocenters. The summed E-state index contributed by atoms with van der Waals surface area (Å²) in [7, 11) is -2.16. The Morgan fingerprint density at radius 1 is 0.538 bits per heavy atom. The second kappa shape index (κ2) is 9.00. The summed E-state index contributed by atoms with van der Waals surface area (Å²) in [4.78, 5) is 0. The highest BCUT2D eigenvalue weighted by Crippen LogP contribution is 2.18. The zero-order valence-corrected chi connectivity index (χ0v) is 20.4. The Hall–Kier alpha value is -0.683. The highest BCUT2D eigenvalue weighted by atomic mass is 79.9. The van der Waals surface area contributed by atoms with Crippen LogP contribution in [-0.4, -0.2) is 8.07 Å². The molecule has 0 saturated heterocycles. The first-order chi connectivity index (χ1) is 12.7. The van der Waals surface area contributed by atoms with E-state index < -0.39 is 8.07 Å². The number of rotatable bonds is 6. The Kier molecular flexibility index (Phi) is 6.95. The smallest absolute Gasteiger partial charge is 0.0876 e. The van der Waals surface area contributed by atoms with Gasteiger partial charge < -0.3 is 0 Å². The van der Waals surface area contributed by atoms with Crippen LogP contribution in [0.4, 0.5) is 0 Å². The fourth-order valence-electron chi connectivity index (χ4n) is 3.81. The average molecular weight is 553 g/mol. The number of hydrogen-bond donors (Lipinski definition) is 0. The van der Waals surface area contributed by atoms with Gasteiger partial charge in [-0.3, -0.25) is 0 Å². The van der Waals surface area contributed by atoms with E-state index in [1.54, 1.807) is 0 Å². The van der Waals surface area contributed by atoms with Crippen LogP contribution in [0.15, 0.2) is 72.8 Å². The van der Waals surface area contributed by atoms with Crippen molar-refractivity contribution in [2.45, 2.75) is 22.5 Å². The van der Waals surface area contributed by atoms with Gasteiger partial charge in [-0.1, -0.05) is 127 Å². The molecule has 0 spiro atoms. The van der Waals surface area contributed by atoms with Gasteiger partial charge in [-0.05, 0) is 32.3 Å². The van der Waals surface area contributed by atoms with Crippen molar-refractivity contribution in [3.8, 4) is 0 Å². The van der Waals surface area contributed by atoms with Gasteiger partial charge in [-0.15, -0.1) is 0 Å². The third kappa shape index (κ3) is 3.66. The average Bonchev–Trinajstić information content (AvgIpc) is 2.73. The molecule has 4 heteroatoms. The molecule has 0 aliphatic heterocycles.